The molecule has 2 heterocycles. The van der Waals surface area contributed by atoms with Gasteiger partial charge in [-0.2, -0.15) is 5.10 Å². The van der Waals surface area contributed by atoms with Crippen LogP contribution < -0.4 is 10.1 Å². The lowest BCUT2D eigenvalue weighted by molar-refractivity contribution is 0.101. The van der Waals surface area contributed by atoms with Gasteiger partial charge in [0.15, 0.2) is 11.5 Å². The summed E-state index contributed by atoms with van der Waals surface area (Å²) in [5, 5.41) is 11.4. The Morgan fingerprint density at radius 1 is 1.25 bits per heavy atom. The summed E-state index contributed by atoms with van der Waals surface area (Å²) in [5.41, 5.74) is 1.46. The number of hydrogen-bond acceptors (Lipinski definition) is 5. The fraction of sp³-hybridized carbons (Fsp3) is 0.136. The normalized spacial score (nSPS) is 10.9. The summed E-state index contributed by atoms with van der Waals surface area (Å²) in [5.74, 6) is 0.468. The molecule has 1 N–H and O–H groups in total. The number of anilines is 1. The molecule has 0 fully saturated rings. The Hall–Kier alpha value is -3.17. The molecule has 0 radical (unpaired) electrons. The van der Waals surface area contributed by atoms with Crippen LogP contribution in [-0.2, 0) is 13.2 Å². The Kier molecular flexibility index (Phi) is 6.57. The van der Waals surface area contributed by atoms with Crippen LogP contribution in [0, 0.1) is 12.7 Å². The van der Waals surface area contributed by atoms with Crippen LogP contribution in [0.1, 0.15) is 27.4 Å². The first-order chi connectivity index (χ1) is 15.4. The number of ether oxygens (including phenoxy) is 1. The number of para-hydroxylation sites is 1. The van der Waals surface area contributed by atoms with Gasteiger partial charge in [0.05, 0.1) is 21.6 Å². The SMILES string of the molecule is Cc1onc(C(=O)Nc2nn(Cc3ccc(F)cc3)cc2Br)c1COc1ccccc1Cl. The number of benzene rings is 2. The van der Waals surface area contributed by atoms with E-state index in [9.17, 15) is 9.18 Å². The van der Waals surface area contributed by atoms with Gasteiger partial charge in [-0.05, 0) is 52.7 Å². The monoisotopic (exact) mass is 518 g/mol. The maximum Gasteiger partial charge on any atom is 0.279 e. The van der Waals surface area contributed by atoms with Crippen molar-refractivity contribution >= 4 is 39.3 Å². The highest BCUT2D eigenvalue weighted by atomic mass is 79.9. The summed E-state index contributed by atoms with van der Waals surface area (Å²) in [6.45, 7) is 2.17. The highest BCUT2D eigenvalue weighted by molar-refractivity contribution is 9.10. The first-order valence-electron chi connectivity index (χ1n) is 9.52. The summed E-state index contributed by atoms with van der Waals surface area (Å²) in [6.07, 6.45) is 1.72. The summed E-state index contributed by atoms with van der Waals surface area (Å²) in [7, 11) is 0. The number of rotatable bonds is 7. The van der Waals surface area contributed by atoms with Gasteiger partial charge in [-0.3, -0.25) is 9.48 Å². The Labute approximate surface area is 196 Å². The number of aryl methyl sites for hydroxylation is 1. The molecular weight excluding hydrogens is 503 g/mol. The zero-order valence-corrected chi connectivity index (χ0v) is 19.2. The number of carbonyl (C=O) groups excluding carboxylic acids is 1. The van der Waals surface area contributed by atoms with Gasteiger partial charge in [0.1, 0.15) is 23.9 Å². The van der Waals surface area contributed by atoms with Crippen molar-refractivity contribution in [2.45, 2.75) is 20.1 Å². The zero-order valence-electron chi connectivity index (χ0n) is 16.8. The quantitative estimate of drug-likeness (QED) is 0.343. The van der Waals surface area contributed by atoms with Crippen LogP contribution in [0.25, 0.3) is 0 Å². The minimum absolute atomic E-state index is 0.0575. The van der Waals surface area contributed by atoms with Crippen LogP contribution in [-0.4, -0.2) is 20.8 Å². The van der Waals surface area contributed by atoms with Crippen LogP contribution >= 0.6 is 27.5 Å². The molecule has 0 unspecified atom stereocenters. The number of halogens is 3. The van der Waals surface area contributed by atoms with E-state index in [4.69, 9.17) is 20.9 Å². The van der Waals surface area contributed by atoms with Crippen molar-refractivity contribution in [3.63, 3.8) is 0 Å². The van der Waals surface area contributed by atoms with E-state index >= 15 is 0 Å². The number of nitrogens with one attached hydrogen (secondary N) is 1. The third kappa shape index (κ3) is 5.00. The maximum atomic E-state index is 13.1. The summed E-state index contributed by atoms with van der Waals surface area (Å²) in [4.78, 5) is 12.9. The van der Waals surface area contributed by atoms with Gasteiger partial charge in [-0.25, -0.2) is 4.39 Å². The molecule has 10 heteroatoms. The number of nitrogens with zero attached hydrogens (tertiary/aromatic N) is 3. The van der Waals surface area contributed by atoms with Crippen molar-refractivity contribution in [3.05, 3.63) is 92.6 Å². The predicted molar refractivity (Wildman–Crippen MR) is 120 cm³/mol. The van der Waals surface area contributed by atoms with Crippen LogP contribution in [0.5, 0.6) is 5.75 Å². The second-order valence-electron chi connectivity index (χ2n) is 6.89. The van der Waals surface area contributed by atoms with Crippen molar-refractivity contribution in [1.29, 1.82) is 0 Å². The standard InChI is InChI=1S/C22H17BrClFN4O3/c1-13-16(12-31-19-5-3-2-4-18(19)24)20(28-32-13)22(30)26-21-17(23)11-29(27-21)10-14-6-8-15(25)9-7-14/h2-9,11H,10,12H2,1H3,(H,26,27,30). The van der Waals surface area contributed by atoms with Crippen molar-refractivity contribution < 1.29 is 18.4 Å². The highest BCUT2D eigenvalue weighted by Crippen LogP contribution is 2.26. The van der Waals surface area contributed by atoms with E-state index in [1.807, 2.05) is 0 Å². The van der Waals surface area contributed by atoms with E-state index in [0.717, 1.165) is 5.56 Å². The first-order valence-corrected chi connectivity index (χ1v) is 10.7. The van der Waals surface area contributed by atoms with E-state index < -0.39 is 5.91 Å². The van der Waals surface area contributed by atoms with Crippen molar-refractivity contribution in [3.8, 4) is 5.75 Å². The Morgan fingerprint density at radius 2 is 2.00 bits per heavy atom. The molecule has 0 aliphatic heterocycles. The lowest BCUT2D eigenvalue weighted by atomic mass is 10.2. The van der Waals surface area contributed by atoms with Gasteiger partial charge < -0.3 is 14.6 Å². The number of amides is 1. The van der Waals surface area contributed by atoms with E-state index in [1.54, 1.807) is 54.2 Å². The number of hydrogen-bond donors (Lipinski definition) is 1. The fourth-order valence-corrected chi connectivity index (χ4v) is 3.56. The van der Waals surface area contributed by atoms with Crippen LogP contribution in [0.2, 0.25) is 5.02 Å². The van der Waals surface area contributed by atoms with Gasteiger partial charge >= 0.3 is 0 Å². The zero-order chi connectivity index (χ0) is 22.7. The van der Waals surface area contributed by atoms with Gasteiger partial charge in [0.2, 0.25) is 0 Å². The minimum atomic E-state index is -0.493. The second kappa shape index (κ2) is 9.54. The van der Waals surface area contributed by atoms with Crippen LogP contribution in [0.3, 0.4) is 0 Å². The number of carbonyl (C=O) groups is 1. The van der Waals surface area contributed by atoms with E-state index in [1.165, 1.54) is 12.1 Å². The Bertz CT molecular complexity index is 1260. The lowest BCUT2D eigenvalue weighted by Gasteiger charge is -2.08. The third-order valence-corrected chi connectivity index (χ3v) is 5.51. The molecule has 4 rings (SSSR count). The third-order valence-electron chi connectivity index (χ3n) is 4.62. The summed E-state index contributed by atoms with van der Waals surface area (Å²) >= 11 is 9.52. The van der Waals surface area contributed by atoms with Gasteiger partial charge in [-0.15, -0.1) is 0 Å². The summed E-state index contributed by atoms with van der Waals surface area (Å²) < 4.78 is 26.3. The fourth-order valence-electron chi connectivity index (χ4n) is 2.96. The van der Waals surface area contributed by atoms with Crippen LogP contribution in [0.15, 0.2) is 63.7 Å². The molecule has 0 spiro atoms. The average molecular weight is 520 g/mol. The molecule has 0 aliphatic rings. The minimum Gasteiger partial charge on any atom is -0.487 e. The molecular formula is C22H17BrClFN4O3. The molecule has 2 aromatic carbocycles. The van der Waals surface area contributed by atoms with E-state index in [0.29, 0.717) is 38.9 Å². The van der Waals surface area contributed by atoms with Gasteiger partial charge in [-0.1, -0.05) is 41.0 Å². The highest BCUT2D eigenvalue weighted by Gasteiger charge is 2.22. The molecule has 2 aromatic heterocycles. The van der Waals surface area contributed by atoms with Gasteiger partial charge in [0.25, 0.3) is 5.91 Å². The Balaban J connectivity index is 1.47. The summed E-state index contributed by atoms with van der Waals surface area (Å²) in [6, 6.07) is 13.2. The van der Waals surface area contributed by atoms with Gasteiger partial charge in [0, 0.05) is 6.20 Å². The molecule has 1 amide bonds. The predicted octanol–water partition coefficient (Wildman–Crippen LogP) is 5.61. The molecule has 32 heavy (non-hydrogen) atoms. The van der Waals surface area contributed by atoms with E-state index in [2.05, 4.69) is 31.5 Å². The topological polar surface area (TPSA) is 82.2 Å². The Morgan fingerprint density at radius 3 is 2.75 bits per heavy atom. The maximum absolute atomic E-state index is 13.1. The smallest absolute Gasteiger partial charge is 0.279 e. The first kappa shape index (κ1) is 22.0. The molecule has 0 bridgehead atoms. The van der Waals surface area contributed by atoms with Crippen molar-refractivity contribution in [2.24, 2.45) is 0 Å². The molecule has 0 saturated carbocycles. The molecule has 0 aliphatic carbocycles. The molecule has 0 atom stereocenters. The van der Waals surface area contributed by atoms with Crippen molar-refractivity contribution in [2.75, 3.05) is 5.32 Å². The average Bonchev–Trinajstić information content (AvgIpc) is 3.31. The largest absolute Gasteiger partial charge is 0.487 e. The van der Waals surface area contributed by atoms with Crippen LogP contribution in [0.4, 0.5) is 10.2 Å². The molecule has 164 valence electrons. The van der Waals surface area contributed by atoms with Crippen molar-refractivity contribution in [1.82, 2.24) is 14.9 Å². The molecule has 7 nitrogen and oxygen atoms in total. The lowest BCUT2D eigenvalue weighted by Crippen LogP contribution is -2.16. The molecule has 0 saturated heterocycles. The molecule has 4 aromatic rings. The van der Waals surface area contributed by atoms with E-state index in [-0.39, 0.29) is 18.1 Å². The second-order valence-corrected chi connectivity index (χ2v) is 8.15. The number of aromatic nitrogens is 3.